The first-order valence-corrected chi connectivity index (χ1v) is 3.44. The molecule has 6 nitrogen and oxygen atoms in total. The molecule has 0 aromatic rings. The number of azide groups is 1. The minimum atomic E-state index is -1.06. The van der Waals surface area contributed by atoms with Crippen molar-refractivity contribution in [3.05, 3.63) is 22.6 Å². The van der Waals surface area contributed by atoms with Gasteiger partial charge in [-0.25, -0.2) is 4.79 Å². The van der Waals surface area contributed by atoms with Crippen LogP contribution in [-0.4, -0.2) is 23.3 Å². The lowest BCUT2D eigenvalue weighted by Crippen LogP contribution is -2.31. The summed E-state index contributed by atoms with van der Waals surface area (Å²) >= 11 is 0. The average Bonchev–Trinajstić information content (AvgIpc) is 2.36. The van der Waals surface area contributed by atoms with Crippen molar-refractivity contribution in [1.29, 1.82) is 0 Å². The molecule has 6 heteroatoms. The molecule has 0 aromatic carbocycles. The maximum absolute atomic E-state index is 10.2. The summed E-state index contributed by atoms with van der Waals surface area (Å²) in [6.07, 6.45) is 2.83. The van der Waals surface area contributed by atoms with Crippen molar-refractivity contribution in [2.24, 2.45) is 5.11 Å². The number of carbonyl (C=O) groups is 1. The fourth-order valence-corrected chi connectivity index (χ4v) is 1.10. The zero-order valence-corrected chi connectivity index (χ0v) is 6.21. The van der Waals surface area contributed by atoms with E-state index in [-0.39, 0.29) is 12.1 Å². The standard InChI is InChI=1S/C6H8N4O2/c7-10-9-5-2-1-4(3-5)8-6(11)12/h1-2,4-5,8H,3H2,(H,11,12)/t4-,5-/m0/s1. The maximum atomic E-state index is 10.2. The summed E-state index contributed by atoms with van der Waals surface area (Å²) in [5.74, 6) is 0. The van der Waals surface area contributed by atoms with Gasteiger partial charge in [0.25, 0.3) is 0 Å². The Morgan fingerprint density at radius 1 is 1.75 bits per heavy atom. The fourth-order valence-electron chi connectivity index (χ4n) is 1.10. The van der Waals surface area contributed by atoms with Crippen LogP contribution >= 0.6 is 0 Å². The highest BCUT2D eigenvalue weighted by atomic mass is 16.4. The number of carboxylic acid groups (broad SMARTS) is 1. The van der Waals surface area contributed by atoms with Crippen LogP contribution in [0.15, 0.2) is 17.3 Å². The Labute approximate surface area is 68.5 Å². The Balaban J connectivity index is 2.42. The van der Waals surface area contributed by atoms with Gasteiger partial charge in [0, 0.05) is 4.91 Å². The average molecular weight is 168 g/mol. The predicted molar refractivity (Wildman–Crippen MR) is 41.6 cm³/mol. The molecule has 1 aliphatic rings. The topological polar surface area (TPSA) is 98.1 Å². The Morgan fingerprint density at radius 2 is 2.50 bits per heavy atom. The SMILES string of the molecule is [N-]=[N+]=N[C@H]1C=C[C@H](NC(=O)O)C1. The molecule has 0 heterocycles. The van der Waals surface area contributed by atoms with Gasteiger partial charge in [-0.3, -0.25) is 0 Å². The maximum Gasteiger partial charge on any atom is 0.405 e. The molecule has 0 spiro atoms. The first kappa shape index (κ1) is 8.42. The summed E-state index contributed by atoms with van der Waals surface area (Å²) < 4.78 is 0. The van der Waals surface area contributed by atoms with Gasteiger partial charge in [0.2, 0.25) is 0 Å². The van der Waals surface area contributed by atoms with E-state index in [9.17, 15) is 4.79 Å². The summed E-state index contributed by atoms with van der Waals surface area (Å²) in [5.41, 5.74) is 8.08. The molecule has 12 heavy (non-hydrogen) atoms. The number of nitrogens with one attached hydrogen (secondary N) is 1. The summed E-state index contributed by atoms with van der Waals surface area (Å²) in [5, 5.41) is 14.1. The van der Waals surface area contributed by atoms with Crippen molar-refractivity contribution in [2.45, 2.75) is 18.5 Å². The Hall–Kier alpha value is -1.68. The smallest absolute Gasteiger partial charge is 0.405 e. The molecular formula is C6H8N4O2. The van der Waals surface area contributed by atoms with E-state index in [4.69, 9.17) is 10.6 Å². The summed E-state index contributed by atoms with van der Waals surface area (Å²) in [4.78, 5) is 12.8. The van der Waals surface area contributed by atoms with Crippen LogP contribution in [-0.2, 0) is 0 Å². The van der Waals surface area contributed by atoms with E-state index in [1.807, 2.05) is 0 Å². The molecule has 1 aliphatic carbocycles. The fraction of sp³-hybridized carbons (Fsp3) is 0.500. The normalized spacial score (nSPS) is 26.3. The molecule has 0 radical (unpaired) electrons. The minimum absolute atomic E-state index is 0.216. The zero-order valence-electron chi connectivity index (χ0n) is 6.21. The molecule has 1 rings (SSSR count). The highest BCUT2D eigenvalue weighted by Crippen LogP contribution is 2.13. The number of rotatable bonds is 2. The van der Waals surface area contributed by atoms with Gasteiger partial charge < -0.3 is 10.4 Å². The van der Waals surface area contributed by atoms with Crippen LogP contribution in [0.2, 0.25) is 0 Å². The Bertz CT molecular complexity index is 256. The number of hydrogen-bond donors (Lipinski definition) is 2. The van der Waals surface area contributed by atoms with Gasteiger partial charge >= 0.3 is 6.09 Å². The molecular weight excluding hydrogens is 160 g/mol. The minimum Gasteiger partial charge on any atom is -0.465 e. The van der Waals surface area contributed by atoms with Gasteiger partial charge in [0.05, 0.1) is 12.1 Å². The van der Waals surface area contributed by atoms with E-state index in [1.54, 1.807) is 12.2 Å². The third kappa shape index (κ3) is 2.17. The molecule has 0 fully saturated rings. The van der Waals surface area contributed by atoms with Crippen molar-refractivity contribution in [3.8, 4) is 0 Å². The highest BCUT2D eigenvalue weighted by molar-refractivity contribution is 5.65. The van der Waals surface area contributed by atoms with E-state index >= 15 is 0 Å². The number of hydrogen-bond acceptors (Lipinski definition) is 2. The zero-order chi connectivity index (χ0) is 8.97. The summed E-state index contributed by atoms with van der Waals surface area (Å²) in [6.45, 7) is 0. The van der Waals surface area contributed by atoms with Gasteiger partial charge in [-0.15, -0.1) is 0 Å². The van der Waals surface area contributed by atoms with Gasteiger partial charge in [0.15, 0.2) is 0 Å². The first-order valence-electron chi connectivity index (χ1n) is 3.44. The van der Waals surface area contributed by atoms with Crippen LogP contribution in [0.5, 0.6) is 0 Å². The van der Waals surface area contributed by atoms with Gasteiger partial charge in [0.1, 0.15) is 0 Å². The van der Waals surface area contributed by atoms with Crippen LogP contribution in [0, 0.1) is 0 Å². The van der Waals surface area contributed by atoms with E-state index < -0.39 is 6.09 Å². The lowest BCUT2D eigenvalue weighted by molar-refractivity contribution is 0.192. The summed E-state index contributed by atoms with van der Waals surface area (Å²) in [6, 6.07) is -0.440. The van der Waals surface area contributed by atoms with E-state index in [2.05, 4.69) is 15.3 Å². The Kier molecular flexibility index (Phi) is 2.55. The third-order valence-electron chi connectivity index (χ3n) is 1.57. The van der Waals surface area contributed by atoms with Crippen molar-refractivity contribution < 1.29 is 9.90 Å². The van der Waals surface area contributed by atoms with E-state index in [0.717, 1.165) is 0 Å². The van der Waals surface area contributed by atoms with E-state index in [1.165, 1.54) is 0 Å². The molecule has 1 amide bonds. The van der Waals surface area contributed by atoms with Gasteiger partial charge in [-0.05, 0) is 12.0 Å². The molecule has 2 atom stereocenters. The van der Waals surface area contributed by atoms with Crippen LogP contribution in [0.1, 0.15) is 6.42 Å². The quantitative estimate of drug-likeness (QED) is 0.281. The van der Waals surface area contributed by atoms with E-state index in [0.29, 0.717) is 6.42 Å². The number of nitrogens with zero attached hydrogens (tertiary/aromatic N) is 3. The van der Waals surface area contributed by atoms with Gasteiger partial charge in [-0.1, -0.05) is 17.3 Å². The van der Waals surface area contributed by atoms with Crippen molar-refractivity contribution in [1.82, 2.24) is 5.32 Å². The Morgan fingerprint density at radius 3 is 3.08 bits per heavy atom. The molecule has 0 saturated carbocycles. The molecule has 0 aliphatic heterocycles. The van der Waals surface area contributed by atoms with Crippen molar-refractivity contribution in [3.63, 3.8) is 0 Å². The number of amides is 1. The monoisotopic (exact) mass is 168 g/mol. The highest BCUT2D eigenvalue weighted by Gasteiger charge is 2.18. The molecule has 2 N–H and O–H groups in total. The van der Waals surface area contributed by atoms with Crippen molar-refractivity contribution in [2.75, 3.05) is 0 Å². The van der Waals surface area contributed by atoms with Gasteiger partial charge in [-0.2, -0.15) is 0 Å². The lowest BCUT2D eigenvalue weighted by atomic mass is 10.2. The molecule has 0 bridgehead atoms. The second kappa shape index (κ2) is 3.64. The molecule has 0 aromatic heterocycles. The molecule has 0 saturated heterocycles. The van der Waals surface area contributed by atoms with Crippen LogP contribution in [0.25, 0.3) is 10.4 Å². The predicted octanol–water partition coefficient (Wildman–Crippen LogP) is 1.26. The van der Waals surface area contributed by atoms with Crippen LogP contribution in [0.4, 0.5) is 4.79 Å². The van der Waals surface area contributed by atoms with Crippen LogP contribution in [0.3, 0.4) is 0 Å². The summed E-state index contributed by atoms with van der Waals surface area (Å²) in [7, 11) is 0. The van der Waals surface area contributed by atoms with Crippen LogP contribution < -0.4 is 5.32 Å². The second-order valence-electron chi connectivity index (χ2n) is 2.45. The first-order chi connectivity index (χ1) is 5.72. The van der Waals surface area contributed by atoms with Crippen molar-refractivity contribution >= 4 is 6.09 Å². The second-order valence-corrected chi connectivity index (χ2v) is 2.45. The third-order valence-corrected chi connectivity index (χ3v) is 1.57. The largest absolute Gasteiger partial charge is 0.465 e. The molecule has 0 unspecified atom stereocenters. The lowest BCUT2D eigenvalue weighted by Gasteiger charge is -2.07. The molecule has 64 valence electrons.